The van der Waals surface area contributed by atoms with Crippen LogP contribution < -0.4 is 5.73 Å². The van der Waals surface area contributed by atoms with Gasteiger partial charge in [-0.3, -0.25) is 4.79 Å². The van der Waals surface area contributed by atoms with Crippen LogP contribution in [0.1, 0.15) is 17.4 Å². The van der Waals surface area contributed by atoms with E-state index in [2.05, 4.69) is 4.98 Å². The number of anilines is 1. The van der Waals surface area contributed by atoms with Crippen LogP contribution in [-0.2, 0) is 16.0 Å². The maximum Gasteiger partial charge on any atom is 0.228 e. The molecule has 1 aliphatic heterocycles. The molecule has 3 rings (SSSR count). The highest BCUT2D eigenvalue weighted by atomic mass is 32.1. The van der Waals surface area contributed by atoms with Gasteiger partial charge in [0, 0.05) is 11.9 Å². The van der Waals surface area contributed by atoms with Crippen molar-refractivity contribution in [2.24, 2.45) is 0 Å². The smallest absolute Gasteiger partial charge is 0.228 e. The number of nitrogens with two attached hydrogens (primary N) is 1. The maximum atomic E-state index is 12.3. The Kier molecular flexibility index (Phi) is 4.17. The van der Waals surface area contributed by atoms with Crippen LogP contribution in [-0.4, -0.2) is 35.5 Å². The monoisotopic (exact) mass is 303 g/mol. The minimum absolute atomic E-state index is 0.0515. The molecule has 110 valence electrons. The summed E-state index contributed by atoms with van der Waals surface area (Å²) in [6, 6.07) is 10.00. The average Bonchev–Trinajstić information content (AvgIpc) is 2.93. The summed E-state index contributed by atoms with van der Waals surface area (Å²) in [5.74, 6) is 0.0736. The van der Waals surface area contributed by atoms with Crippen molar-refractivity contribution >= 4 is 22.4 Å². The van der Waals surface area contributed by atoms with E-state index in [0.29, 0.717) is 31.2 Å². The highest BCUT2D eigenvalue weighted by Gasteiger charge is 2.25. The number of hydrogen-bond donors (Lipinski definition) is 1. The van der Waals surface area contributed by atoms with Gasteiger partial charge in [0.1, 0.15) is 6.10 Å². The fourth-order valence-electron chi connectivity index (χ4n) is 2.42. The Hall–Kier alpha value is -1.92. The van der Waals surface area contributed by atoms with Crippen LogP contribution in [0.3, 0.4) is 0 Å². The molecule has 6 heteroatoms. The number of rotatable bonds is 3. The van der Waals surface area contributed by atoms with Crippen molar-refractivity contribution in [2.45, 2.75) is 12.5 Å². The third kappa shape index (κ3) is 3.40. The van der Waals surface area contributed by atoms with Crippen LogP contribution in [0, 0.1) is 0 Å². The van der Waals surface area contributed by atoms with Gasteiger partial charge in [-0.25, -0.2) is 4.98 Å². The first-order chi connectivity index (χ1) is 10.2. The second-order valence-corrected chi connectivity index (χ2v) is 5.85. The quantitative estimate of drug-likeness (QED) is 0.940. The molecule has 0 saturated carbocycles. The molecule has 1 aromatic carbocycles. The van der Waals surface area contributed by atoms with Crippen LogP contribution in [0.4, 0.5) is 5.13 Å². The van der Waals surface area contributed by atoms with Crippen LogP contribution >= 0.6 is 11.3 Å². The van der Waals surface area contributed by atoms with Crippen molar-refractivity contribution in [2.75, 3.05) is 25.4 Å². The lowest BCUT2D eigenvalue weighted by Crippen LogP contribution is -2.43. The summed E-state index contributed by atoms with van der Waals surface area (Å²) < 4.78 is 5.77. The van der Waals surface area contributed by atoms with E-state index in [4.69, 9.17) is 10.5 Å². The van der Waals surface area contributed by atoms with Gasteiger partial charge >= 0.3 is 0 Å². The number of amides is 1. The van der Waals surface area contributed by atoms with E-state index in [1.165, 1.54) is 11.3 Å². The van der Waals surface area contributed by atoms with Crippen molar-refractivity contribution in [1.29, 1.82) is 0 Å². The molecule has 1 amide bonds. The Morgan fingerprint density at radius 2 is 2.24 bits per heavy atom. The number of thiazole rings is 1. The summed E-state index contributed by atoms with van der Waals surface area (Å²) in [5, 5.41) is 2.34. The van der Waals surface area contributed by atoms with Gasteiger partial charge in [0.05, 0.1) is 25.3 Å². The topological polar surface area (TPSA) is 68.5 Å². The number of ether oxygens (including phenoxy) is 1. The van der Waals surface area contributed by atoms with E-state index in [1.807, 2.05) is 40.6 Å². The van der Waals surface area contributed by atoms with Gasteiger partial charge in [-0.2, -0.15) is 0 Å². The summed E-state index contributed by atoms with van der Waals surface area (Å²) in [5.41, 5.74) is 7.44. The van der Waals surface area contributed by atoms with Gasteiger partial charge in [-0.1, -0.05) is 30.3 Å². The summed E-state index contributed by atoms with van der Waals surface area (Å²) in [4.78, 5) is 18.3. The van der Waals surface area contributed by atoms with E-state index in [-0.39, 0.29) is 12.0 Å². The molecule has 0 bridgehead atoms. The molecule has 0 spiro atoms. The standard InChI is InChI=1S/C15H17N3O2S/c16-15-17-12(10-21-15)8-14(19)18-6-7-20-13(9-18)11-4-2-1-3-5-11/h1-5,10,13H,6-9H2,(H2,16,17). The Labute approximate surface area is 127 Å². The molecule has 0 aliphatic carbocycles. The molecule has 5 nitrogen and oxygen atoms in total. The molecule has 21 heavy (non-hydrogen) atoms. The lowest BCUT2D eigenvalue weighted by atomic mass is 10.1. The van der Waals surface area contributed by atoms with Crippen molar-refractivity contribution in [3.63, 3.8) is 0 Å². The molecule has 1 atom stereocenters. The third-order valence-corrected chi connectivity index (χ3v) is 4.22. The Bertz CT molecular complexity index is 614. The minimum Gasteiger partial charge on any atom is -0.375 e. The summed E-state index contributed by atoms with van der Waals surface area (Å²) in [7, 11) is 0. The fourth-order valence-corrected chi connectivity index (χ4v) is 2.98. The van der Waals surface area contributed by atoms with Crippen LogP contribution in [0.5, 0.6) is 0 Å². The first-order valence-electron chi connectivity index (χ1n) is 6.86. The molecule has 1 aromatic heterocycles. The van der Waals surface area contributed by atoms with Gasteiger partial charge in [0.2, 0.25) is 5.91 Å². The normalized spacial score (nSPS) is 18.7. The number of benzene rings is 1. The molecule has 1 aliphatic rings. The van der Waals surface area contributed by atoms with Gasteiger partial charge in [0.25, 0.3) is 0 Å². The lowest BCUT2D eigenvalue weighted by Gasteiger charge is -2.33. The summed E-state index contributed by atoms with van der Waals surface area (Å²) in [6.07, 6.45) is 0.249. The molecule has 2 N–H and O–H groups in total. The Morgan fingerprint density at radius 3 is 2.95 bits per heavy atom. The second-order valence-electron chi connectivity index (χ2n) is 4.96. The summed E-state index contributed by atoms with van der Waals surface area (Å²) in [6.45, 7) is 1.77. The molecule has 1 fully saturated rings. The maximum absolute atomic E-state index is 12.3. The first-order valence-corrected chi connectivity index (χ1v) is 7.74. The van der Waals surface area contributed by atoms with E-state index >= 15 is 0 Å². The largest absolute Gasteiger partial charge is 0.375 e. The SMILES string of the molecule is Nc1nc(CC(=O)N2CCOC(c3ccccc3)C2)cs1. The van der Waals surface area contributed by atoms with Crippen LogP contribution in [0.25, 0.3) is 0 Å². The van der Waals surface area contributed by atoms with Gasteiger partial charge in [0.15, 0.2) is 5.13 Å². The van der Waals surface area contributed by atoms with E-state index < -0.39 is 0 Å². The van der Waals surface area contributed by atoms with E-state index in [0.717, 1.165) is 11.3 Å². The number of nitrogens with zero attached hydrogens (tertiary/aromatic N) is 2. The zero-order valence-corrected chi connectivity index (χ0v) is 12.4. The van der Waals surface area contributed by atoms with Crippen molar-refractivity contribution in [1.82, 2.24) is 9.88 Å². The van der Waals surface area contributed by atoms with Crippen molar-refractivity contribution < 1.29 is 9.53 Å². The molecular weight excluding hydrogens is 286 g/mol. The van der Waals surface area contributed by atoms with E-state index in [9.17, 15) is 4.79 Å². The zero-order chi connectivity index (χ0) is 14.7. The number of nitrogen functional groups attached to an aromatic ring is 1. The molecule has 2 aromatic rings. The summed E-state index contributed by atoms with van der Waals surface area (Å²) >= 11 is 1.36. The van der Waals surface area contributed by atoms with Gasteiger partial charge < -0.3 is 15.4 Å². The van der Waals surface area contributed by atoms with Crippen molar-refractivity contribution in [3.05, 3.63) is 47.0 Å². The highest BCUT2D eigenvalue weighted by Crippen LogP contribution is 2.22. The molecule has 1 saturated heterocycles. The zero-order valence-electron chi connectivity index (χ0n) is 11.6. The van der Waals surface area contributed by atoms with Gasteiger partial charge in [-0.05, 0) is 5.56 Å². The Balaban J connectivity index is 1.64. The molecular formula is C15H17N3O2S. The third-order valence-electron chi connectivity index (χ3n) is 3.49. The predicted octanol–water partition coefficient (Wildman–Crippen LogP) is 1.87. The molecule has 1 unspecified atom stereocenters. The highest BCUT2D eigenvalue weighted by molar-refractivity contribution is 7.13. The first kappa shape index (κ1) is 14.0. The Morgan fingerprint density at radius 1 is 1.43 bits per heavy atom. The fraction of sp³-hybridized carbons (Fsp3) is 0.333. The number of aromatic nitrogens is 1. The van der Waals surface area contributed by atoms with Crippen molar-refractivity contribution in [3.8, 4) is 0 Å². The lowest BCUT2D eigenvalue weighted by molar-refractivity contribution is -0.138. The van der Waals surface area contributed by atoms with Crippen LogP contribution in [0.2, 0.25) is 0 Å². The number of morpholine rings is 1. The molecule has 2 heterocycles. The number of carbonyl (C=O) groups excluding carboxylic acids is 1. The predicted molar refractivity (Wildman–Crippen MR) is 81.9 cm³/mol. The number of hydrogen-bond acceptors (Lipinski definition) is 5. The van der Waals surface area contributed by atoms with Crippen LogP contribution in [0.15, 0.2) is 35.7 Å². The number of carbonyl (C=O) groups is 1. The minimum atomic E-state index is -0.0515. The van der Waals surface area contributed by atoms with E-state index in [1.54, 1.807) is 0 Å². The van der Waals surface area contributed by atoms with Gasteiger partial charge in [-0.15, -0.1) is 11.3 Å². The molecule has 0 radical (unpaired) electrons. The average molecular weight is 303 g/mol. The second kappa shape index (κ2) is 6.24.